The van der Waals surface area contributed by atoms with E-state index < -0.39 is 12.0 Å². The lowest BCUT2D eigenvalue weighted by atomic mass is 10.0. The van der Waals surface area contributed by atoms with Crippen LogP contribution in [0.2, 0.25) is 0 Å². The molecule has 6 nitrogen and oxygen atoms in total. The van der Waals surface area contributed by atoms with Gasteiger partial charge in [-0.15, -0.1) is 10.2 Å². The average Bonchev–Trinajstić information content (AvgIpc) is 2.86. The monoisotopic (exact) mass is 239 g/mol. The van der Waals surface area contributed by atoms with Crippen molar-refractivity contribution in [1.82, 2.24) is 15.1 Å². The third-order valence-electron chi connectivity index (χ3n) is 3.21. The number of aryl methyl sites for hydroxylation is 1. The van der Waals surface area contributed by atoms with E-state index in [0.29, 0.717) is 24.7 Å². The highest BCUT2D eigenvalue weighted by molar-refractivity contribution is 5.74. The van der Waals surface area contributed by atoms with E-state index in [9.17, 15) is 9.90 Å². The van der Waals surface area contributed by atoms with Crippen LogP contribution in [-0.2, 0) is 17.8 Å². The highest BCUT2D eigenvalue weighted by Gasteiger charge is 2.37. The van der Waals surface area contributed by atoms with Gasteiger partial charge in [-0.25, -0.2) is 0 Å². The number of hydrogen-bond donors (Lipinski definition) is 1. The molecule has 0 radical (unpaired) electrons. The van der Waals surface area contributed by atoms with Gasteiger partial charge in [-0.2, -0.15) is 0 Å². The third-order valence-corrected chi connectivity index (χ3v) is 3.21. The number of aromatic nitrogens is 2. The molecule has 2 rings (SSSR count). The van der Waals surface area contributed by atoms with Crippen LogP contribution in [0.1, 0.15) is 32.0 Å². The maximum absolute atomic E-state index is 11.2. The van der Waals surface area contributed by atoms with Crippen LogP contribution in [0.25, 0.3) is 0 Å². The van der Waals surface area contributed by atoms with Crippen molar-refractivity contribution in [3.05, 3.63) is 11.8 Å². The van der Waals surface area contributed by atoms with Crippen LogP contribution in [0.15, 0.2) is 4.42 Å². The normalized spacial score (nSPS) is 25.3. The first kappa shape index (κ1) is 12.0. The maximum Gasteiger partial charge on any atom is 0.321 e. The maximum atomic E-state index is 11.2. The Labute approximate surface area is 99.6 Å². The molecule has 1 saturated heterocycles. The Morgan fingerprint density at radius 2 is 2.24 bits per heavy atom. The molecule has 0 aliphatic carbocycles. The Balaban J connectivity index is 2.05. The summed E-state index contributed by atoms with van der Waals surface area (Å²) in [5, 5.41) is 17.0. The van der Waals surface area contributed by atoms with Crippen LogP contribution < -0.4 is 0 Å². The second-order valence-electron chi connectivity index (χ2n) is 4.46. The molecule has 1 aliphatic rings. The van der Waals surface area contributed by atoms with Gasteiger partial charge in [0.1, 0.15) is 6.04 Å². The largest absolute Gasteiger partial charge is 0.480 e. The van der Waals surface area contributed by atoms with Crippen molar-refractivity contribution >= 4 is 5.97 Å². The highest BCUT2D eigenvalue weighted by Crippen LogP contribution is 2.25. The lowest BCUT2D eigenvalue weighted by Crippen LogP contribution is -2.38. The number of carbonyl (C=O) groups is 1. The van der Waals surface area contributed by atoms with Crippen molar-refractivity contribution < 1.29 is 14.3 Å². The minimum Gasteiger partial charge on any atom is -0.480 e. The fourth-order valence-electron chi connectivity index (χ4n) is 2.27. The summed E-state index contributed by atoms with van der Waals surface area (Å²) in [6.07, 6.45) is 1.59. The van der Waals surface area contributed by atoms with E-state index in [1.54, 1.807) is 0 Å². The quantitative estimate of drug-likeness (QED) is 0.841. The van der Waals surface area contributed by atoms with E-state index in [1.807, 2.05) is 18.7 Å². The van der Waals surface area contributed by atoms with Crippen LogP contribution in [0.4, 0.5) is 0 Å². The summed E-state index contributed by atoms with van der Waals surface area (Å²) in [5.74, 6) is 0.493. The van der Waals surface area contributed by atoms with Gasteiger partial charge in [0.25, 0.3) is 0 Å². The first-order valence-corrected chi connectivity index (χ1v) is 5.90. The van der Waals surface area contributed by atoms with Gasteiger partial charge in [-0.3, -0.25) is 9.69 Å². The zero-order valence-corrected chi connectivity index (χ0v) is 10.1. The van der Waals surface area contributed by atoms with E-state index >= 15 is 0 Å². The van der Waals surface area contributed by atoms with Crippen molar-refractivity contribution in [1.29, 1.82) is 0 Å². The summed E-state index contributed by atoms with van der Waals surface area (Å²) in [6, 6.07) is -0.438. The standard InChI is InChI=1S/C11H17N3O3/c1-3-8-12-13-9(17-8)6-14-5-4-7(2)10(14)11(15)16/h7,10H,3-6H2,1-2H3,(H,15,16). The zero-order valence-electron chi connectivity index (χ0n) is 10.1. The first-order chi connectivity index (χ1) is 8.11. The van der Waals surface area contributed by atoms with Crippen molar-refractivity contribution in [3.8, 4) is 0 Å². The molecule has 1 N–H and O–H groups in total. The van der Waals surface area contributed by atoms with Crippen LogP contribution in [0.3, 0.4) is 0 Å². The number of aliphatic carboxylic acids is 1. The van der Waals surface area contributed by atoms with Gasteiger partial charge in [-0.05, 0) is 18.9 Å². The highest BCUT2D eigenvalue weighted by atomic mass is 16.4. The molecule has 2 atom stereocenters. The molecule has 1 aliphatic heterocycles. The van der Waals surface area contributed by atoms with Gasteiger partial charge in [0.2, 0.25) is 11.8 Å². The van der Waals surface area contributed by atoms with Gasteiger partial charge in [0, 0.05) is 6.42 Å². The Hall–Kier alpha value is -1.43. The molecule has 0 spiro atoms. The van der Waals surface area contributed by atoms with Crippen LogP contribution in [0.5, 0.6) is 0 Å². The lowest BCUT2D eigenvalue weighted by molar-refractivity contribution is -0.143. The van der Waals surface area contributed by atoms with Gasteiger partial charge in [-0.1, -0.05) is 13.8 Å². The van der Waals surface area contributed by atoms with Crippen molar-refractivity contribution in [2.45, 2.75) is 39.3 Å². The van der Waals surface area contributed by atoms with Crippen molar-refractivity contribution in [2.24, 2.45) is 5.92 Å². The minimum atomic E-state index is -0.773. The van der Waals surface area contributed by atoms with Crippen LogP contribution in [-0.4, -0.2) is 38.8 Å². The minimum absolute atomic E-state index is 0.168. The predicted octanol–water partition coefficient (Wildman–Crippen LogP) is 0.927. The number of hydrogen-bond acceptors (Lipinski definition) is 5. The number of nitrogens with zero attached hydrogens (tertiary/aromatic N) is 3. The fourth-order valence-corrected chi connectivity index (χ4v) is 2.27. The summed E-state index contributed by atoms with van der Waals surface area (Å²) in [5.41, 5.74) is 0. The Morgan fingerprint density at radius 3 is 2.82 bits per heavy atom. The summed E-state index contributed by atoms with van der Waals surface area (Å²) in [6.45, 7) is 5.09. The Kier molecular flexibility index (Phi) is 3.42. The van der Waals surface area contributed by atoms with E-state index in [0.717, 1.165) is 13.0 Å². The summed E-state index contributed by atoms with van der Waals surface area (Å²) in [4.78, 5) is 13.1. The van der Waals surface area contributed by atoms with Crippen molar-refractivity contribution in [2.75, 3.05) is 6.54 Å². The molecule has 0 aromatic carbocycles. The van der Waals surface area contributed by atoms with Crippen LogP contribution >= 0.6 is 0 Å². The van der Waals surface area contributed by atoms with E-state index in [1.165, 1.54) is 0 Å². The van der Waals surface area contributed by atoms with Crippen molar-refractivity contribution in [3.63, 3.8) is 0 Å². The first-order valence-electron chi connectivity index (χ1n) is 5.90. The Bertz CT molecular complexity index is 404. The van der Waals surface area contributed by atoms with Gasteiger partial charge >= 0.3 is 5.97 Å². The Morgan fingerprint density at radius 1 is 1.53 bits per heavy atom. The third kappa shape index (κ3) is 2.46. The molecule has 2 unspecified atom stereocenters. The summed E-state index contributed by atoms with van der Waals surface area (Å²) >= 11 is 0. The molecular formula is C11H17N3O3. The molecular weight excluding hydrogens is 222 g/mol. The van der Waals surface area contributed by atoms with Gasteiger partial charge < -0.3 is 9.52 Å². The number of likely N-dealkylation sites (tertiary alicyclic amines) is 1. The van der Waals surface area contributed by atoms with Gasteiger partial charge in [0.05, 0.1) is 6.54 Å². The molecule has 0 amide bonds. The van der Waals surface area contributed by atoms with E-state index in [-0.39, 0.29) is 5.92 Å². The smallest absolute Gasteiger partial charge is 0.321 e. The zero-order chi connectivity index (χ0) is 12.4. The molecule has 94 valence electrons. The molecule has 1 fully saturated rings. The number of carboxylic acid groups (broad SMARTS) is 1. The predicted molar refractivity (Wildman–Crippen MR) is 59.3 cm³/mol. The summed E-state index contributed by atoms with van der Waals surface area (Å²) < 4.78 is 5.40. The molecule has 1 aromatic rings. The average molecular weight is 239 g/mol. The SMILES string of the molecule is CCc1nnc(CN2CCC(C)C2C(=O)O)o1. The second-order valence-corrected chi connectivity index (χ2v) is 4.46. The van der Waals surface area contributed by atoms with E-state index in [2.05, 4.69) is 10.2 Å². The molecule has 17 heavy (non-hydrogen) atoms. The topological polar surface area (TPSA) is 79.5 Å². The molecule has 2 heterocycles. The molecule has 0 saturated carbocycles. The number of carboxylic acids is 1. The second kappa shape index (κ2) is 4.83. The fraction of sp³-hybridized carbons (Fsp3) is 0.727. The molecule has 1 aromatic heterocycles. The van der Waals surface area contributed by atoms with Crippen LogP contribution in [0, 0.1) is 5.92 Å². The lowest BCUT2D eigenvalue weighted by Gasteiger charge is -2.21. The molecule has 6 heteroatoms. The van der Waals surface area contributed by atoms with Gasteiger partial charge in [0.15, 0.2) is 0 Å². The van der Waals surface area contributed by atoms with E-state index in [4.69, 9.17) is 4.42 Å². The number of rotatable bonds is 4. The summed E-state index contributed by atoms with van der Waals surface area (Å²) in [7, 11) is 0. The molecule has 0 bridgehead atoms.